The first-order chi connectivity index (χ1) is 12.2. The minimum Gasteiger partial charge on any atom is -0.465 e. The number of fused-ring (bicyclic) bond motifs is 1. The summed E-state index contributed by atoms with van der Waals surface area (Å²) in [6.07, 6.45) is 10.8. The van der Waals surface area contributed by atoms with Gasteiger partial charge in [-0.1, -0.05) is 6.07 Å². The van der Waals surface area contributed by atoms with Crippen LogP contribution in [0.4, 0.5) is 0 Å². The topological polar surface area (TPSA) is 61.4 Å². The van der Waals surface area contributed by atoms with Gasteiger partial charge < -0.3 is 9.14 Å². The van der Waals surface area contributed by atoms with Crippen molar-refractivity contribution in [3.8, 4) is 0 Å². The van der Waals surface area contributed by atoms with Crippen LogP contribution in [0.2, 0.25) is 0 Å². The Hall–Kier alpha value is -2.63. The van der Waals surface area contributed by atoms with E-state index < -0.39 is 0 Å². The predicted octanol–water partition coefficient (Wildman–Crippen LogP) is 3.12. The van der Waals surface area contributed by atoms with Gasteiger partial charge in [0.15, 0.2) is 0 Å². The Morgan fingerprint density at radius 3 is 2.68 bits per heavy atom. The van der Waals surface area contributed by atoms with Crippen molar-refractivity contribution in [3.05, 3.63) is 53.2 Å². The maximum Gasteiger partial charge on any atom is 0.341 e. The van der Waals surface area contributed by atoms with Crippen LogP contribution in [0, 0.1) is 0 Å². The number of hydrogen-bond acceptors (Lipinski definition) is 4. The summed E-state index contributed by atoms with van der Waals surface area (Å²) in [6, 6.07) is 4.26. The fourth-order valence-electron chi connectivity index (χ4n) is 3.40. The number of esters is 1. The maximum absolute atomic E-state index is 12.0. The molecule has 0 unspecified atom stereocenters. The summed E-state index contributed by atoms with van der Waals surface area (Å²) in [5, 5.41) is 4.63. The van der Waals surface area contributed by atoms with E-state index in [0.717, 1.165) is 35.8 Å². The van der Waals surface area contributed by atoms with Crippen LogP contribution in [0.15, 0.2) is 30.7 Å². The SMILES string of the molecule is COC(=O)c1cn(Cc2cn3cc(C4CC4)ccc3n2)nc1C1CC1. The Bertz CT molecular complexity index is 963. The van der Waals surface area contributed by atoms with Crippen molar-refractivity contribution in [2.45, 2.75) is 44.1 Å². The van der Waals surface area contributed by atoms with Crippen LogP contribution in [-0.4, -0.2) is 32.2 Å². The highest BCUT2D eigenvalue weighted by Crippen LogP contribution is 2.41. The van der Waals surface area contributed by atoms with E-state index in [1.807, 2.05) is 4.68 Å². The van der Waals surface area contributed by atoms with Gasteiger partial charge in [0.25, 0.3) is 0 Å². The number of aromatic nitrogens is 4. The monoisotopic (exact) mass is 336 g/mol. The van der Waals surface area contributed by atoms with Crippen molar-refractivity contribution in [2.75, 3.05) is 7.11 Å². The first-order valence-corrected chi connectivity index (χ1v) is 8.84. The van der Waals surface area contributed by atoms with E-state index in [0.29, 0.717) is 18.0 Å². The number of imidazole rings is 1. The van der Waals surface area contributed by atoms with E-state index in [1.165, 1.54) is 25.5 Å². The molecule has 0 N–H and O–H groups in total. The molecule has 0 aromatic carbocycles. The van der Waals surface area contributed by atoms with Crippen molar-refractivity contribution in [3.63, 3.8) is 0 Å². The van der Waals surface area contributed by atoms with Crippen molar-refractivity contribution < 1.29 is 9.53 Å². The van der Waals surface area contributed by atoms with Gasteiger partial charge in [-0.3, -0.25) is 4.68 Å². The quantitative estimate of drug-likeness (QED) is 0.672. The van der Waals surface area contributed by atoms with Crippen LogP contribution in [0.25, 0.3) is 5.65 Å². The third kappa shape index (κ3) is 2.71. The van der Waals surface area contributed by atoms with Gasteiger partial charge >= 0.3 is 5.97 Å². The second-order valence-corrected chi connectivity index (χ2v) is 7.13. The second-order valence-electron chi connectivity index (χ2n) is 7.13. The van der Waals surface area contributed by atoms with Crippen molar-refractivity contribution >= 4 is 11.6 Å². The number of pyridine rings is 1. The fourth-order valence-corrected chi connectivity index (χ4v) is 3.40. The lowest BCUT2D eigenvalue weighted by molar-refractivity contribution is 0.0599. The molecule has 0 bridgehead atoms. The number of carbonyl (C=O) groups is 1. The molecule has 0 radical (unpaired) electrons. The summed E-state index contributed by atoms with van der Waals surface area (Å²) in [5.41, 5.74) is 4.73. The van der Waals surface area contributed by atoms with Crippen LogP contribution in [0.3, 0.4) is 0 Å². The molecule has 6 nitrogen and oxygen atoms in total. The zero-order valence-corrected chi connectivity index (χ0v) is 14.2. The van der Waals surface area contributed by atoms with E-state index in [1.54, 1.807) is 6.20 Å². The molecule has 2 saturated carbocycles. The van der Waals surface area contributed by atoms with Gasteiger partial charge in [-0.15, -0.1) is 0 Å². The third-order valence-electron chi connectivity index (χ3n) is 5.06. The fraction of sp³-hybridized carbons (Fsp3) is 0.421. The number of ether oxygens (including phenoxy) is 1. The zero-order valence-electron chi connectivity index (χ0n) is 14.2. The third-order valence-corrected chi connectivity index (χ3v) is 5.06. The molecule has 0 spiro atoms. The van der Waals surface area contributed by atoms with Gasteiger partial charge in [-0.05, 0) is 43.2 Å². The lowest BCUT2D eigenvalue weighted by atomic mass is 10.2. The number of carbonyl (C=O) groups excluding carboxylic acids is 1. The number of hydrogen-bond donors (Lipinski definition) is 0. The Balaban J connectivity index is 1.44. The summed E-state index contributed by atoms with van der Waals surface area (Å²) < 4.78 is 8.80. The van der Waals surface area contributed by atoms with Crippen molar-refractivity contribution in [1.29, 1.82) is 0 Å². The zero-order chi connectivity index (χ0) is 17.0. The van der Waals surface area contributed by atoms with E-state index in [2.05, 4.69) is 39.0 Å². The number of nitrogens with zero attached hydrogens (tertiary/aromatic N) is 4. The summed E-state index contributed by atoms with van der Waals surface area (Å²) in [4.78, 5) is 16.7. The molecule has 0 amide bonds. The van der Waals surface area contributed by atoms with Crippen LogP contribution in [0.5, 0.6) is 0 Å². The second kappa shape index (κ2) is 5.44. The summed E-state index contributed by atoms with van der Waals surface area (Å²) in [5.74, 6) is 0.819. The highest BCUT2D eigenvalue weighted by molar-refractivity contribution is 5.90. The smallest absolute Gasteiger partial charge is 0.341 e. The molecule has 2 fully saturated rings. The number of methoxy groups -OCH3 is 1. The molecular weight excluding hydrogens is 316 g/mol. The molecule has 3 aromatic heterocycles. The average molecular weight is 336 g/mol. The minimum atomic E-state index is -0.308. The molecule has 25 heavy (non-hydrogen) atoms. The lowest BCUT2D eigenvalue weighted by Gasteiger charge is -1.98. The highest BCUT2D eigenvalue weighted by Gasteiger charge is 2.32. The lowest BCUT2D eigenvalue weighted by Crippen LogP contribution is -2.02. The van der Waals surface area contributed by atoms with E-state index in [9.17, 15) is 4.79 Å². The van der Waals surface area contributed by atoms with Gasteiger partial charge in [-0.25, -0.2) is 9.78 Å². The molecule has 2 aliphatic carbocycles. The van der Waals surface area contributed by atoms with Crippen LogP contribution >= 0.6 is 0 Å². The Morgan fingerprint density at radius 2 is 1.96 bits per heavy atom. The Kier molecular flexibility index (Phi) is 3.20. The summed E-state index contributed by atoms with van der Waals surface area (Å²) in [7, 11) is 1.41. The molecule has 6 heteroatoms. The van der Waals surface area contributed by atoms with Crippen LogP contribution < -0.4 is 0 Å². The van der Waals surface area contributed by atoms with E-state index in [-0.39, 0.29) is 5.97 Å². The van der Waals surface area contributed by atoms with Crippen molar-refractivity contribution in [1.82, 2.24) is 19.2 Å². The molecule has 0 saturated heterocycles. The maximum atomic E-state index is 12.0. The van der Waals surface area contributed by atoms with Crippen molar-refractivity contribution in [2.24, 2.45) is 0 Å². The first-order valence-electron chi connectivity index (χ1n) is 8.84. The van der Waals surface area contributed by atoms with Gasteiger partial charge in [0, 0.05) is 24.5 Å². The van der Waals surface area contributed by atoms with Gasteiger partial charge in [0.2, 0.25) is 0 Å². The minimum absolute atomic E-state index is 0.308. The van der Waals surface area contributed by atoms with E-state index >= 15 is 0 Å². The predicted molar refractivity (Wildman–Crippen MR) is 91.8 cm³/mol. The first kappa shape index (κ1) is 14.7. The molecule has 5 rings (SSSR count). The molecule has 3 heterocycles. The molecule has 2 aliphatic rings. The Morgan fingerprint density at radius 1 is 1.16 bits per heavy atom. The van der Waals surface area contributed by atoms with Gasteiger partial charge in [0.05, 0.1) is 25.0 Å². The van der Waals surface area contributed by atoms with Crippen LogP contribution in [-0.2, 0) is 11.3 Å². The highest BCUT2D eigenvalue weighted by atomic mass is 16.5. The molecule has 128 valence electrons. The average Bonchev–Trinajstić information content (AvgIpc) is 3.55. The van der Waals surface area contributed by atoms with Gasteiger partial charge in [0.1, 0.15) is 11.2 Å². The Labute approximate surface area is 145 Å². The number of rotatable bonds is 5. The van der Waals surface area contributed by atoms with E-state index in [4.69, 9.17) is 4.74 Å². The summed E-state index contributed by atoms with van der Waals surface area (Å²) in [6.45, 7) is 0.553. The molecule has 0 aliphatic heterocycles. The van der Waals surface area contributed by atoms with Gasteiger partial charge in [-0.2, -0.15) is 5.10 Å². The molecule has 0 atom stereocenters. The largest absolute Gasteiger partial charge is 0.465 e. The molecule has 3 aromatic rings. The normalized spacial score (nSPS) is 17.2. The van der Waals surface area contributed by atoms with Crippen LogP contribution in [0.1, 0.15) is 64.8 Å². The standard InChI is InChI=1S/C19H20N4O2/c1-25-19(24)16-11-23(21-18(16)13-4-5-13)10-15-9-22-8-14(12-2-3-12)6-7-17(22)20-15/h6-9,11-13H,2-5,10H2,1H3. The molecular formula is C19H20N4O2. The summed E-state index contributed by atoms with van der Waals surface area (Å²) >= 11 is 0.